The van der Waals surface area contributed by atoms with Crippen molar-refractivity contribution >= 4 is 31.9 Å². The summed E-state index contributed by atoms with van der Waals surface area (Å²) in [6.07, 6.45) is 0.850. The molecule has 0 amide bonds. The zero-order valence-corrected chi connectivity index (χ0v) is 19.6. The minimum absolute atomic E-state index is 0.314. The number of benzene rings is 4. The third-order valence-corrected chi connectivity index (χ3v) is 6.71. The van der Waals surface area contributed by atoms with Crippen molar-refractivity contribution in [2.75, 3.05) is 0 Å². The average Bonchev–Trinajstić information content (AvgIpc) is 2.79. The first-order chi connectivity index (χ1) is 15.0. The van der Waals surface area contributed by atoms with E-state index in [0.29, 0.717) is 44.4 Å². The van der Waals surface area contributed by atoms with Crippen LogP contribution in [0, 0.1) is 11.6 Å². The van der Waals surface area contributed by atoms with Gasteiger partial charge in [0.15, 0.2) is 0 Å². The van der Waals surface area contributed by atoms with Crippen LogP contribution in [0.15, 0.2) is 93.9 Å². The summed E-state index contributed by atoms with van der Waals surface area (Å²) in [7, 11) is 0. The zero-order chi connectivity index (χ0) is 21.8. The predicted octanol–water partition coefficient (Wildman–Crippen LogP) is 8.46. The van der Waals surface area contributed by atoms with Crippen molar-refractivity contribution in [3.8, 4) is 11.5 Å². The summed E-state index contributed by atoms with van der Waals surface area (Å²) in [5.41, 5.74) is 3.00. The van der Waals surface area contributed by atoms with E-state index in [1.807, 2.05) is 60.7 Å². The van der Waals surface area contributed by atoms with Crippen molar-refractivity contribution in [1.82, 2.24) is 0 Å². The van der Waals surface area contributed by atoms with Crippen molar-refractivity contribution in [3.05, 3.63) is 128 Å². The quantitative estimate of drug-likeness (QED) is 0.237. The molecule has 0 aliphatic rings. The summed E-state index contributed by atoms with van der Waals surface area (Å²) in [5, 5.41) is 0. The van der Waals surface area contributed by atoms with Gasteiger partial charge in [-0.05, 0) is 67.3 Å². The van der Waals surface area contributed by atoms with Gasteiger partial charge < -0.3 is 4.74 Å². The number of hydrogen-bond donors (Lipinski definition) is 0. The fourth-order valence-corrected chi connectivity index (χ4v) is 4.44. The van der Waals surface area contributed by atoms with Crippen LogP contribution in [0.1, 0.15) is 22.3 Å². The zero-order valence-electron chi connectivity index (χ0n) is 16.4. The standard InChI is InChI=1S/C26H18Br2F2O/c27-25-19(15-17-7-3-1-4-8-17)21(29)11-13-23(25)31-24-14-12-22(30)20(26(24)28)16-18-9-5-2-6-10-18/h1-14H,15-16H2. The van der Waals surface area contributed by atoms with E-state index in [9.17, 15) is 8.78 Å². The lowest BCUT2D eigenvalue weighted by Crippen LogP contribution is -1.99. The van der Waals surface area contributed by atoms with E-state index in [4.69, 9.17) is 4.74 Å². The lowest BCUT2D eigenvalue weighted by molar-refractivity contribution is 0.469. The highest BCUT2D eigenvalue weighted by Crippen LogP contribution is 2.39. The number of halogens is 4. The topological polar surface area (TPSA) is 9.23 Å². The number of ether oxygens (including phenoxy) is 1. The van der Waals surface area contributed by atoms with Crippen molar-refractivity contribution in [2.45, 2.75) is 12.8 Å². The van der Waals surface area contributed by atoms with E-state index >= 15 is 0 Å². The monoisotopic (exact) mass is 542 g/mol. The molecule has 0 spiro atoms. The van der Waals surface area contributed by atoms with Crippen LogP contribution >= 0.6 is 31.9 Å². The minimum atomic E-state index is -0.314. The van der Waals surface area contributed by atoms with Crippen molar-refractivity contribution in [1.29, 1.82) is 0 Å². The van der Waals surface area contributed by atoms with Crippen LogP contribution in [0.25, 0.3) is 0 Å². The van der Waals surface area contributed by atoms with E-state index in [-0.39, 0.29) is 11.6 Å². The van der Waals surface area contributed by atoms with Crippen LogP contribution < -0.4 is 4.74 Å². The summed E-state index contributed by atoms with van der Waals surface area (Å²) in [4.78, 5) is 0. The first-order valence-electron chi connectivity index (χ1n) is 9.72. The SMILES string of the molecule is Fc1ccc(Oc2ccc(F)c(Cc3ccccc3)c2Br)c(Br)c1Cc1ccccc1. The summed E-state index contributed by atoms with van der Waals surface area (Å²) in [6.45, 7) is 0. The van der Waals surface area contributed by atoms with Gasteiger partial charge in [-0.15, -0.1) is 0 Å². The van der Waals surface area contributed by atoms with E-state index < -0.39 is 0 Å². The first-order valence-corrected chi connectivity index (χ1v) is 11.3. The summed E-state index contributed by atoms with van der Waals surface area (Å²) in [5.74, 6) is 0.299. The van der Waals surface area contributed by atoms with Gasteiger partial charge in [0.2, 0.25) is 0 Å². The second-order valence-corrected chi connectivity index (χ2v) is 8.69. The molecule has 31 heavy (non-hydrogen) atoms. The molecular weight excluding hydrogens is 526 g/mol. The van der Waals surface area contributed by atoms with E-state index in [1.165, 1.54) is 12.1 Å². The maximum absolute atomic E-state index is 14.5. The molecule has 0 heterocycles. The Labute approximate surface area is 197 Å². The largest absolute Gasteiger partial charge is 0.455 e. The van der Waals surface area contributed by atoms with E-state index in [2.05, 4.69) is 31.9 Å². The van der Waals surface area contributed by atoms with Crippen LogP contribution in [0.3, 0.4) is 0 Å². The fraction of sp³-hybridized carbons (Fsp3) is 0.0769. The second-order valence-electron chi connectivity index (χ2n) is 7.10. The maximum Gasteiger partial charge on any atom is 0.142 e. The third kappa shape index (κ3) is 5.05. The minimum Gasteiger partial charge on any atom is -0.455 e. The predicted molar refractivity (Wildman–Crippen MR) is 127 cm³/mol. The number of rotatable bonds is 6. The van der Waals surface area contributed by atoms with E-state index in [0.717, 1.165) is 11.1 Å². The van der Waals surface area contributed by atoms with Crippen molar-refractivity contribution in [2.24, 2.45) is 0 Å². The molecule has 4 aromatic carbocycles. The van der Waals surface area contributed by atoms with Gasteiger partial charge in [-0.1, -0.05) is 60.7 Å². The van der Waals surface area contributed by atoms with Gasteiger partial charge in [-0.3, -0.25) is 0 Å². The highest BCUT2D eigenvalue weighted by Gasteiger charge is 2.17. The Bertz CT molecular complexity index is 1100. The molecule has 4 aromatic rings. The molecule has 0 aliphatic carbocycles. The smallest absolute Gasteiger partial charge is 0.142 e. The van der Waals surface area contributed by atoms with Crippen molar-refractivity contribution in [3.63, 3.8) is 0 Å². The summed E-state index contributed by atoms with van der Waals surface area (Å²) < 4.78 is 36.3. The van der Waals surface area contributed by atoms with Gasteiger partial charge >= 0.3 is 0 Å². The van der Waals surface area contributed by atoms with Crippen LogP contribution in [-0.2, 0) is 12.8 Å². The molecule has 0 radical (unpaired) electrons. The Kier molecular flexibility index (Phi) is 6.83. The molecule has 0 saturated heterocycles. The van der Waals surface area contributed by atoms with Gasteiger partial charge in [-0.2, -0.15) is 0 Å². The summed E-state index contributed by atoms with van der Waals surface area (Å²) in [6, 6.07) is 25.3. The van der Waals surface area contributed by atoms with Crippen LogP contribution in [0.4, 0.5) is 8.78 Å². The fourth-order valence-electron chi connectivity index (χ4n) is 3.35. The molecule has 0 unspecified atom stereocenters. The molecule has 0 aromatic heterocycles. The Morgan fingerprint density at radius 1 is 0.548 bits per heavy atom. The lowest BCUT2D eigenvalue weighted by Gasteiger charge is -2.15. The number of hydrogen-bond acceptors (Lipinski definition) is 1. The molecule has 5 heteroatoms. The third-order valence-electron chi connectivity index (χ3n) is 4.97. The molecule has 156 valence electrons. The van der Waals surface area contributed by atoms with Gasteiger partial charge in [0.05, 0.1) is 8.95 Å². The second kappa shape index (κ2) is 9.75. The van der Waals surface area contributed by atoms with Crippen LogP contribution in [0.2, 0.25) is 0 Å². The molecule has 0 aliphatic heterocycles. The molecule has 0 bridgehead atoms. The highest BCUT2D eigenvalue weighted by atomic mass is 79.9. The average molecular weight is 544 g/mol. The normalized spacial score (nSPS) is 10.8. The Hall–Kier alpha value is -2.50. The Balaban J connectivity index is 1.65. The maximum atomic E-state index is 14.5. The first kappa shape index (κ1) is 21.7. The summed E-state index contributed by atoms with van der Waals surface area (Å²) >= 11 is 7.01. The van der Waals surface area contributed by atoms with Gasteiger partial charge in [0, 0.05) is 24.0 Å². The Morgan fingerprint density at radius 3 is 1.32 bits per heavy atom. The molecule has 1 nitrogen and oxygen atoms in total. The molecule has 0 saturated carbocycles. The van der Waals surface area contributed by atoms with E-state index in [1.54, 1.807) is 12.1 Å². The molecule has 0 atom stereocenters. The van der Waals surface area contributed by atoms with Gasteiger partial charge in [-0.25, -0.2) is 8.78 Å². The Morgan fingerprint density at radius 2 is 0.935 bits per heavy atom. The molecular formula is C26H18Br2F2O. The van der Waals surface area contributed by atoms with Crippen LogP contribution in [0.5, 0.6) is 11.5 Å². The highest BCUT2D eigenvalue weighted by molar-refractivity contribution is 9.11. The van der Waals surface area contributed by atoms with Gasteiger partial charge in [0.25, 0.3) is 0 Å². The molecule has 0 N–H and O–H groups in total. The van der Waals surface area contributed by atoms with Crippen molar-refractivity contribution < 1.29 is 13.5 Å². The molecule has 4 rings (SSSR count). The van der Waals surface area contributed by atoms with Gasteiger partial charge in [0.1, 0.15) is 23.1 Å². The van der Waals surface area contributed by atoms with Crippen LogP contribution in [-0.4, -0.2) is 0 Å². The lowest BCUT2D eigenvalue weighted by atomic mass is 10.0. The molecule has 0 fully saturated rings.